The molecule has 1 aromatic rings. The quantitative estimate of drug-likeness (QED) is 0.417. The van der Waals surface area contributed by atoms with Crippen molar-refractivity contribution in [3.63, 3.8) is 0 Å². The number of carbonyl (C=O) groups is 1. The first-order valence-corrected chi connectivity index (χ1v) is 4.30. The van der Waals surface area contributed by atoms with Crippen LogP contribution in [0.4, 0.5) is 5.13 Å². The molecular formula is C7H6N2O3S. The predicted molar refractivity (Wildman–Crippen MR) is 45.9 cm³/mol. The van der Waals surface area contributed by atoms with E-state index in [4.69, 9.17) is 4.74 Å². The number of aromatic nitrogens is 1. The van der Waals surface area contributed by atoms with E-state index in [1.54, 1.807) is 6.92 Å². The molecule has 0 radical (unpaired) electrons. The zero-order valence-corrected chi connectivity index (χ0v) is 7.63. The number of esters is 1. The molecule has 0 aliphatic carbocycles. The van der Waals surface area contributed by atoms with E-state index in [1.807, 2.05) is 0 Å². The van der Waals surface area contributed by atoms with Gasteiger partial charge in [0.25, 0.3) is 0 Å². The van der Waals surface area contributed by atoms with Gasteiger partial charge in [-0.15, -0.1) is 4.99 Å². The highest BCUT2D eigenvalue weighted by Gasteiger charge is 2.10. The van der Waals surface area contributed by atoms with Gasteiger partial charge in [0.1, 0.15) is 4.88 Å². The molecule has 0 atom stereocenters. The number of carbonyl (C=O) groups excluding carboxylic acids is 2. The summed E-state index contributed by atoms with van der Waals surface area (Å²) in [5.41, 5.74) is 0. The molecule has 0 unspecified atom stereocenters. The summed E-state index contributed by atoms with van der Waals surface area (Å²) in [5.74, 6) is -0.452. The van der Waals surface area contributed by atoms with Crippen LogP contribution in [0.25, 0.3) is 0 Å². The Hall–Kier alpha value is -1.52. The van der Waals surface area contributed by atoms with Gasteiger partial charge in [-0.25, -0.2) is 14.6 Å². The van der Waals surface area contributed by atoms with Crippen LogP contribution in [-0.4, -0.2) is 23.6 Å². The average molecular weight is 198 g/mol. The molecule has 0 aromatic carbocycles. The fourth-order valence-electron chi connectivity index (χ4n) is 0.652. The predicted octanol–water partition coefficient (Wildman–Crippen LogP) is 1.29. The first kappa shape index (κ1) is 9.57. The Bertz CT molecular complexity index is 354. The van der Waals surface area contributed by atoms with E-state index in [0.717, 1.165) is 11.3 Å². The van der Waals surface area contributed by atoms with E-state index in [0.29, 0.717) is 11.5 Å². The molecule has 0 aliphatic rings. The minimum absolute atomic E-state index is 0.207. The van der Waals surface area contributed by atoms with Crippen LogP contribution in [0.3, 0.4) is 0 Å². The number of rotatable bonds is 3. The lowest BCUT2D eigenvalue weighted by Crippen LogP contribution is -2.01. The number of thiazole rings is 1. The Morgan fingerprint density at radius 3 is 3.23 bits per heavy atom. The molecule has 0 spiro atoms. The van der Waals surface area contributed by atoms with E-state index in [1.165, 1.54) is 12.3 Å². The highest BCUT2D eigenvalue weighted by atomic mass is 32.1. The van der Waals surface area contributed by atoms with Gasteiger partial charge in [-0.05, 0) is 6.92 Å². The van der Waals surface area contributed by atoms with Crippen molar-refractivity contribution in [1.29, 1.82) is 0 Å². The largest absolute Gasteiger partial charge is 0.462 e. The number of hydrogen-bond donors (Lipinski definition) is 0. The van der Waals surface area contributed by atoms with Gasteiger partial charge in [0, 0.05) is 0 Å². The number of aliphatic imine (C=N–C) groups is 1. The summed E-state index contributed by atoms with van der Waals surface area (Å²) in [4.78, 5) is 28.2. The number of ether oxygens (including phenoxy) is 1. The summed E-state index contributed by atoms with van der Waals surface area (Å²) in [6.45, 7) is 2.02. The second kappa shape index (κ2) is 4.49. The third kappa shape index (κ3) is 2.47. The number of nitrogens with zero attached hydrogens (tertiary/aromatic N) is 2. The van der Waals surface area contributed by atoms with Gasteiger partial charge in [0.05, 0.1) is 12.8 Å². The molecule has 0 bridgehead atoms. The summed E-state index contributed by atoms with van der Waals surface area (Å²) >= 11 is 0.991. The fraction of sp³-hybridized carbons (Fsp3) is 0.286. The summed E-state index contributed by atoms with van der Waals surface area (Å²) in [6.07, 6.45) is 2.66. The van der Waals surface area contributed by atoms with Crippen molar-refractivity contribution in [1.82, 2.24) is 4.98 Å². The van der Waals surface area contributed by atoms with Crippen LogP contribution in [0.1, 0.15) is 16.6 Å². The maximum absolute atomic E-state index is 11.1. The molecule has 13 heavy (non-hydrogen) atoms. The van der Waals surface area contributed by atoms with Gasteiger partial charge in [-0.1, -0.05) is 11.3 Å². The molecule has 0 saturated heterocycles. The van der Waals surface area contributed by atoms with Crippen LogP contribution in [0, 0.1) is 0 Å². The Kier molecular flexibility index (Phi) is 3.31. The van der Waals surface area contributed by atoms with Crippen molar-refractivity contribution in [3.8, 4) is 0 Å². The minimum atomic E-state index is -0.452. The molecule has 0 fully saturated rings. The molecule has 5 nitrogen and oxygen atoms in total. The normalized spacial score (nSPS) is 9.00. The van der Waals surface area contributed by atoms with Gasteiger partial charge in [-0.3, -0.25) is 0 Å². The highest BCUT2D eigenvalue weighted by Crippen LogP contribution is 2.20. The van der Waals surface area contributed by atoms with Crippen LogP contribution in [0.5, 0.6) is 0 Å². The zero-order chi connectivity index (χ0) is 9.68. The molecule has 68 valence electrons. The van der Waals surface area contributed by atoms with Crippen LogP contribution < -0.4 is 0 Å². The van der Waals surface area contributed by atoms with E-state index in [-0.39, 0.29) is 5.13 Å². The first-order chi connectivity index (χ1) is 6.27. The molecule has 0 aliphatic heterocycles. The third-order valence-electron chi connectivity index (χ3n) is 1.11. The second-order valence-electron chi connectivity index (χ2n) is 1.93. The monoisotopic (exact) mass is 198 g/mol. The second-order valence-corrected chi connectivity index (χ2v) is 2.94. The Balaban J connectivity index is 2.79. The third-order valence-corrected chi connectivity index (χ3v) is 1.98. The lowest BCUT2D eigenvalue weighted by Gasteiger charge is -1.95. The zero-order valence-electron chi connectivity index (χ0n) is 6.81. The molecule has 1 aromatic heterocycles. The Labute approximate surface area is 78.1 Å². The summed E-state index contributed by atoms with van der Waals surface area (Å²) in [5, 5.41) is 0.207. The maximum Gasteiger partial charge on any atom is 0.350 e. The van der Waals surface area contributed by atoms with Crippen LogP contribution in [0.15, 0.2) is 11.2 Å². The summed E-state index contributed by atoms with van der Waals surface area (Å²) in [7, 11) is 0. The summed E-state index contributed by atoms with van der Waals surface area (Å²) < 4.78 is 4.71. The van der Waals surface area contributed by atoms with Crippen molar-refractivity contribution in [3.05, 3.63) is 11.1 Å². The van der Waals surface area contributed by atoms with Crippen molar-refractivity contribution >= 4 is 28.5 Å². The molecule has 0 saturated carbocycles. The SMILES string of the molecule is CCOC(=O)c1cnc(N=C=O)s1. The maximum atomic E-state index is 11.1. The lowest BCUT2D eigenvalue weighted by atomic mass is 10.6. The molecule has 6 heteroatoms. The van der Waals surface area contributed by atoms with E-state index >= 15 is 0 Å². The average Bonchev–Trinajstić information content (AvgIpc) is 2.54. The highest BCUT2D eigenvalue weighted by molar-refractivity contribution is 7.17. The Morgan fingerprint density at radius 1 is 1.85 bits per heavy atom. The minimum Gasteiger partial charge on any atom is -0.462 e. The van der Waals surface area contributed by atoms with Gasteiger partial charge in [0.15, 0.2) is 0 Å². The van der Waals surface area contributed by atoms with Crippen molar-refractivity contribution in [2.45, 2.75) is 6.92 Å². The first-order valence-electron chi connectivity index (χ1n) is 3.48. The van der Waals surface area contributed by atoms with E-state index in [9.17, 15) is 9.59 Å². The number of hydrogen-bond acceptors (Lipinski definition) is 6. The van der Waals surface area contributed by atoms with E-state index in [2.05, 4.69) is 9.98 Å². The molecule has 0 amide bonds. The Morgan fingerprint density at radius 2 is 2.62 bits per heavy atom. The van der Waals surface area contributed by atoms with Crippen LogP contribution in [-0.2, 0) is 9.53 Å². The van der Waals surface area contributed by atoms with Gasteiger partial charge in [-0.2, -0.15) is 0 Å². The van der Waals surface area contributed by atoms with Crippen LogP contribution >= 0.6 is 11.3 Å². The summed E-state index contributed by atoms with van der Waals surface area (Å²) in [6, 6.07) is 0. The van der Waals surface area contributed by atoms with Crippen molar-refractivity contribution in [2.24, 2.45) is 4.99 Å². The molecule has 0 N–H and O–H groups in total. The number of isocyanates is 1. The smallest absolute Gasteiger partial charge is 0.350 e. The topological polar surface area (TPSA) is 68.6 Å². The van der Waals surface area contributed by atoms with Gasteiger partial charge in [0.2, 0.25) is 11.2 Å². The molecule has 1 heterocycles. The fourth-order valence-corrected chi connectivity index (χ4v) is 1.28. The standard InChI is InChI=1S/C7H6N2O3S/c1-2-12-6(11)5-3-8-7(13-5)9-4-10/h3H,2H2,1H3. The van der Waals surface area contributed by atoms with Crippen molar-refractivity contribution in [2.75, 3.05) is 6.61 Å². The van der Waals surface area contributed by atoms with Crippen LogP contribution in [0.2, 0.25) is 0 Å². The molecule has 1 rings (SSSR count). The van der Waals surface area contributed by atoms with Crippen molar-refractivity contribution < 1.29 is 14.3 Å². The lowest BCUT2D eigenvalue weighted by molar-refractivity contribution is 0.0532. The van der Waals surface area contributed by atoms with Gasteiger partial charge < -0.3 is 4.74 Å². The molecular weight excluding hydrogens is 192 g/mol. The van der Waals surface area contributed by atoms with E-state index < -0.39 is 5.97 Å². The van der Waals surface area contributed by atoms with Gasteiger partial charge >= 0.3 is 5.97 Å².